The van der Waals surface area contributed by atoms with Gasteiger partial charge >= 0.3 is 5.97 Å². The SMILES string of the molecule is CC(C)(C)OC(=O)CCCCBr.C[Si](C)(C)CCOCn1c(O[C@@H]2CO[C@H]3[C@@H]2OC[C@H]3O)cc2nc(-c3ccc(O)cc3)c(F)cc21.C[Si](C)(C)CCOCn1c(O[C@@H]2CO[C@H]3[C@@H]2OC[C@H]3O)cc2nc(-c3ccc(OCCCCC(=O)CO)cc3)c(F)cc21.O=C(CO)CCCCOc1ccc(-c2nc3cc(O[C@@H]4CO[C@H]5[C@@H]4OC[C@H]5O)[nH]c3cc2F)cc1. The molecule has 9 aromatic rings. The van der Waals surface area contributed by atoms with Gasteiger partial charge in [-0.15, -0.1) is 0 Å². The number of alkyl halides is 1. The highest BCUT2D eigenvalue weighted by Crippen LogP contribution is 2.39. The van der Waals surface area contributed by atoms with E-state index >= 15 is 8.78 Å². The Morgan fingerprint density at radius 1 is 0.488 bits per heavy atom. The van der Waals surface area contributed by atoms with Crippen molar-refractivity contribution in [3.63, 3.8) is 0 Å². The van der Waals surface area contributed by atoms with Crippen LogP contribution in [-0.2, 0) is 70.5 Å². The number of pyridine rings is 3. The first-order chi connectivity index (χ1) is 59.8. The number of H-pyrrole nitrogens is 1. The summed E-state index contributed by atoms with van der Waals surface area (Å²) in [5, 5.41) is 58.1. The first-order valence-corrected chi connectivity index (χ1v) is 51.1. The maximum Gasteiger partial charge on any atom is 0.306 e. The molecule has 6 fully saturated rings. The Morgan fingerprint density at radius 2 is 0.872 bits per heavy atom. The summed E-state index contributed by atoms with van der Waals surface area (Å²) in [6.07, 6.45) is 0.213. The van der Waals surface area contributed by atoms with Crippen molar-refractivity contribution < 1.29 is 125 Å². The minimum Gasteiger partial charge on any atom is -0.508 e. The van der Waals surface area contributed by atoms with Gasteiger partial charge in [0.1, 0.15) is 122 Å². The molecular weight excluding hydrogens is 1730 g/mol. The summed E-state index contributed by atoms with van der Waals surface area (Å²) in [5.41, 5.74) is 5.30. The van der Waals surface area contributed by atoms with Gasteiger partial charge in [0, 0.05) is 107 Å². The van der Waals surface area contributed by atoms with Crippen molar-refractivity contribution in [2.45, 2.75) is 222 Å². The van der Waals surface area contributed by atoms with Crippen molar-refractivity contribution in [2.75, 3.05) is 84.6 Å². The number of ether oxygens (including phenoxy) is 14. The number of esters is 1. The smallest absolute Gasteiger partial charge is 0.306 e. The molecule has 6 aliphatic heterocycles. The van der Waals surface area contributed by atoms with E-state index in [1.54, 1.807) is 88.0 Å². The third-order valence-electron chi connectivity index (χ3n) is 21.5. The molecule has 6 aliphatic rings. The summed E-state index contributed by atoms with van der Waals surface area (Å²) in [6.45, 7) is 22.4. The van der Waals surface area contributed by atoms with Crippen LogP contribution in [0.4, 0.5) is 13.2 Å². The second-order valence-electron chi connectivity index (χ2n) is 35.1. The quantitative estimate of drug-likeness (QED) is 0.00823. The molecule has 0 bridgehead atoms. The highest BCUT2D eigenvalue weighted by atomic mass is 79.9. The Balaban J connectivity index is 0.000000161. The van der Waals surface area contributed by atoms with Crippen LogP contribution in [0.1, 0.15) is 78.6 Å². The van der Waals surface area contributed by atoms with E-state index in [1.807, 2.05) is 20.8 Å². The van der Waals surface area contributed by atoms with Crippen molar-refractivity contribution in [2.24, 2.45) is 0 Å². The van der Waals surface area contributed by atoms with Gasteiger partial charge in [-0.1, -0.05) is 55.2 Å². The lowest BCUT2D eigenvalue weighted by molar-refractivity contribution is -0.155. The first-order valence-electron chi connectivity index (χ1n) is 42.6. The number of nitrogens with one attached hydrogen (secondary N) is 1. The van der Waals surface area contributed by atoms with Gasteiger partial charge in [-0.05, 0) is 144 Å². The van der Waals surface area contributed by atoms with Crippen molar-refractivity contribution in [3.8, 4) is 68.7 Å². The average molecular weight is 1840 g/mol. The number of phenols is 1. The zero-order valence-electron chi connectivity index (χ0n) is 72.1. The summed E-state index contributed by atoms with van der Waals surface area (Å²) in [5.74, 6) is 0.855. The second-order valence-corrected chi connectivity index (χ2v) is 47.2. The van der Waals surface area contributed by atoms with E-state index in [0.29, 0.717) is 157 Å². The molecular formula is C90H116BrF3N6O23Si2. The molecule has 0 amide bonds. The van der Waals surface area contributed by atoms with E-state index < -0.39 is 102 Å². The Bertz CT molecular complexity index is 5030. The number of unbranched alkanes of at least 4 members (excludes halogenated alkanes) is 3. The van der Waals surface area contributed by atoms with Crippen LogP contribution in [-0.4, -0.2) is 257 Å². The monoisotopic (exact) mass is 1840 g/mol. The second kappa shape index (κ2) is 44.0. The fraction of sp³-hybridized carbons (Fsp3) is 0.533. The molecule has 29 nitrogen and oxygen atoms in total. The van der Waals surface area contributed by atoms with Crippen LogP contribution < -0.4 is 23.7 Å². The highest BCUT2D eigenvalue weighted by molar-refractivity contribution is 9.09. The largest absolute Gasteiger partial charge is 0.508 e. The standard InChI is InChI=1S/C31H41FN2O8Si.C25H27FN2O7.C25H31FN2O6Si.C9H17BrO2/c1-43(2,3)13-12-38-19-34-25-14-23(32)29(20-7-9-22(10-8-20)39-11-5-4-6-21(36)16-35)33-24(25)15-28(34)42-27-18-41-30-26(37)17-40-31(27)30;26-17-9-18-19(10-22(27-18)35-21-13-34-24-20(31)12-33-25(21)24)28-23(17)14-4-6-16(7-5-14)32-8-2-1-3-15(30)11-29;1-35(2,3)9-8-31-14-28-19-10-17(26)23(15-4-6-16(29)7-5-15)27-18(19)11-22(28)34-21-13-33-24-20(30)12-32-25(21)24;1-9(2,3)12-8(11)6-4-5-7-10/h7-10,14-15,26-27,30-31,35,37H,4-6,11-13,16-19H2,1-3H3;4-7,9-10,20-21,24-25,27,29,31H,1-3,8,11-13H2;4-7,10-11,20-21,24-25,29-30H,8-9,12-14H2,1-3H3;4-7H2,1-3H3/t26-,27-,30-,31-;2*20-,21-,24-,25-;/m111./s1. The summed E-state index contributed by atoms with van der Waals surface area (Å²) in [4.78, 5) is 50.1. The molecule has 12 atom stereocenters. The minimum atomic E-state index is -1.30. The molecule has 0 unspecified atom stereocenters. The predicted molar refractivity (Wildman–Crippen MR) is 468 cm³/mol. The maximum absolute atomic E-state index is 15.5. The van der Waals surface area contributed by atoms with Gasteiger partial charge in [-0.2, -0.15) is 0 Å². The van der Waals surface area contributed by atoms with Crippen molar-refractivity contribution >= 4 is 82.7 Å². The number of carbonyl (C=O) groups is 3. The molecule has 0 spiro atoms. The molecule has 0 radical (unpaired) electrons. The average Bonchev–Trinajstić information content (AvgIpc) is 1.61. The number of aromatic hydroxyl groups is 1. The summed E-state index contributed by atoms with van der Waals surface area (Å²) in [6, 6.07) is 31.8. The minimum absolute atomic E-state index is 0.0940. The zero-order valence-corrected chi connectivity index (χ0v) is 75.7. The van der Waals surface area contributed by atoms with Gasteiger partial charge in [-0.25, -0.2) is 28.1 Å². The van der Waals surface area contributed by atoms with Crippen LogP contribution in [0.5, 0.6) is 34.9 Å². The van der Waals surface area contributed by atoms with E-state index in [2.05, 4.69) is 75.1 Å². The molecule has 35 heteroatoms. The number of ketones is 2. The van der Waals surface area contributed by atoms with E-state index in [0.717, 1.165) is 30.3 Å². The maximum atomic E-state index is 15.5. The number of rotatable bonds is 37. The Kier molecular flexibility index (Phi) is 33.7. The number of fused-ring (bicyclic) bond motifs is 6. The number of benzene rings is 3. The topological polar surface area (TPSA) is 366 Å². The third-order valence-corrected chi connectivity index (χ3v) is 25.5. The lowest BCUT2D eigenvalue weighted by Gasteiger charge is -2.20. The predicted octanol–water partition coefficient (Wildman–Crippen LogP) is 13.2. The Hall–Kier alpha value is -8.48. The number of halogens is 4. The number of aromatic nitrogens is 6. The lowest BCUT2D eigenvalue weighted by atomic mass is 10.1. The molecule has 680 valence electrons. The van der Waals surface area contributed by atoms with Crippen LogP contribution in [0.2, 0.25) is 51.4 Å². The molecule has 7 N–H and O–H groups in total. The number of aliphatic hydroxyl groups is 5. The number of aliphatic hydroxyl groups excluding tert-OH is 5. The summed E-state index contributed by atoms with van der Waals surface area (Å²) in [7, 11) is -2.56. The number of nitrogens with zero attached hydrogens (tertiary/aromatic N) is 5. The molecule has 6 saturated heterocycles. The first kappa shape index (κ1) is 95.6. The lowest BCUT2D eigenvalue weighted by Crippen LogP contribution is -2.35. The van der Waals surface area contributed by atoms with Gasteiger partial charge in [0.25, 0.3) is 0 Å². The highest BCUT2D eigenvalue weighted by Gasteiger charge is 2.51. The van der Waals surface area contributed by atoms with Gasteiger partial charge in [0.05, 0.1) is 86.0 Å². The van der Waals surface area contributed by atoms with Gasteiger partial charge < -0.3 is 102 Å². The van der Waals surface area contributed by atoms with Crippen molar-refractivity contribution in [1.82, 2.24) is 29.1 Å². The van der Waals surface area contributed by atoms with Crippen LogP contribution in [0, 0.1) is 17.5 Å². The van der Waals surface area contributed by atoms with Crippen LogP contribution in [0.3, 0.4) is 0 Å². The number of Topliss-reactive ketones (excluding diaryl/α,β-unsaturated/α-hetero) is 2. The normalized spacial score (nSPS) is 22.0. The van der Waals surface area contributed by atoms with Gasteiger partial charge in [0.2, 0.25) is 0 Å². The number of phenolic OH excluding ortho intramolecular Hbond substituents is 1. The molecule has 0 saturated carbocycles. The Morgan fingerprint density at radius 3 is 1.27 bits per heavy atom. The van der Waals surface area contributed by atoms with E-state index in [-0.39, 0.29) is 111 Å². The molecule has 15 rings (SSSR count). The molecule has 3 aromatic carbocycles. The van der Waals surface area contributed by atoms with E-state index in [9.17, 15) is 39.2 Å². The van der Waals surface area contributed by atoms with Crippen molar-refractivity contribution in [3.05, 3.63) is 127 Å². The third kappa shape index (κ3) is 26.4. The Labute approximate surface area is 734 Å². The number of aromatic amines is 1. The van der Waals surface area contributed by atoms with Gasteiger partial charge in [0.15, 0.2) is 65.0 Å². The van der Waals surface area contributed by atoms with Crippen LogP contribution in [0.15, 0.2) is 109 Å². The number of hydrogen-bond acceptors (Lipinski definition) is 26. The zero-order chi connectivity index (χ0) is 89.3. The van der Waals surface area contributed by atoms with Crippen molar-refractivity contribution in [1.29, 1.82) is 0 Å². The molecule has 125 heavy (non-hydrogen) atoms. The molecule has 0 aliphatic carbocycles. The number of hydrogen-bond donors (Lipinski definition) is 7. The van der Waals surface area contributed by atoms with E-state index in [1.165, 1.54) is 30.3 Å². The molecule has 12 heterocycles. The summed E-state index contributed by atoms with van der Waals surface area (Å²) >= 11 is 3.31. The van der Waals surface area contributed by atoms with E-state index in [4.69, 9.17) is 76.5 Å². The van der Waals surface area contributed by atoms with Gasteiger partial charge in [-0.3, -0.25) is 23.5 Å². The fourth-order valence-corrected chi connectivity index (χ4v) is 16.7. The van der Waals surface area contributed by atoms with Crippen LogP contribution >= 0.6 is 15.9 Å². The molecule has 6 aromatic heterocycles. The fourth-order valence-electron chi connectivity index (χ4n) is 14.8. The number of carbonyl (C=O) groups excluding carboxylic acids is 3. The van der Waals surface area contributed by atoms with Crippen LogP contribution in [0.25, 0.3) is 66.9 Å². The summed E-state index contributed by atoms with van der Waals surface area (Å²) < 4.78 is 130.